The van der Waals surface area contributed by atoms with Gasteiger partial charge >= 0.3 is 0 Å². The fourth-order valence-corrected chi connectivity index (χ4v) is 1.89. The summed E-state index contributed by atoms with van der Waals surface area (Å²) in [5.41, 5.74) is 8.34. The van der Waals surface area contributed by atoms with E-state index in [-0.39, 0.29) is 11.8 Å². The number of rotatable bonds is 6. The Morgan fingerprint density at radius 2 is 1.89 bits per heavy atom. The summed E-state index contributed by atoms with van der Waals surface area (Å²) in [4.78, 5) is 11.9. The summed E-state index contributed by atoms with van der Waals surface area (Å²) in [6.45, 7) is 6.73. The van der Waals surface area contributed by atoms with E-state index in [4.69, 9.17) is 5.73 Å². The Kier molecular flexibility index (Phi) is 5.86. The lowest BCUT2D eigenvalue weighted by molar-refractivity contribution is -0.123. The number of nitrogens with two attached hydrogens (primary N) is 1. The summed E-state index contributed by atoms with van der Waals surface area (Å²) >= 11 is 0. The maximum absolute atomic E-state index is 11.9. The second-order valence-corrected chi connectivity index (χ2v) is 4.75. The van der Waals surface area contributed by atoms with Crippen LogP contribution in [0.3, 0.4) is 0 Å². The van der Waals surface area contributed by atoms with Gasteiger partial charge in [-0.05, 0) is 23.5 Å². The van der Waals surface area contributed by atoms with Crippen LogP contribution < -0.4 is 11.1 Å². The normalized spacial score (nSPS) is 14.0. The predicted octanol–water partition coefficient (Wildman–Crippen LogP) is 2.24. The second kappa shape index (κ2) is 7.17. The summed E-state index contributed by atoms with van der Waals surface area (Å²) in [6.07, 6.45) is 1.89. The molecule has 2 atom stereocenters. The van der Waals surface area contributed by atoms with Crippen molar-refractivity contribution < 1.29 is 4.79 Å². The maximum Gasteiger partial charge on any atom is 0.237 e. The molecule has 1 aromatic rings. The van der Waals surface area contributed by atoms with E-state index in [9.17, 15) is 4.79 Å². The van der Waals surface area contributed by atoms with Crippen LogP contribution in [0.25, 0.3) is 0 Å². The van der Waals surface area contributed by atoms with Crippen molar-refractivity contribution >= 4 is 5.91 Å². The lowest BCUT2D eigenvalue weighted by atomic mass is 9.99. The highest BCUT2D eigenvalue weighted by molar-refractivity contribution is 5.81. The highest BCUT2D eigenvalue weighted by Gasteiger charge is 2.18. The van der Waals surface area contributed by atoms with Crippen molar-refractivity contribution in [1.82, 2.24) is 5.32 Å². The van der Waals surface area contributed by atoms with Crippen molar-refractivity contribution in [2.45, 2.75) is 46.2 Å². The third-order valence-electron chi connectivity index (χ3n) is 3.51. The van der Waals surface area contributed by atoms with Gasteiger partial charge in [-0.3, -0.25) is 4.79 Å². The van der Waals surface area contributed by atoms with E-state index in [2.05, 4.69) is 18.3 Å². The number of hydrogen-bond acceptors (Lipinski definition) is 2. The number of carbonyl (C=O) groups excluding carboxylic acids is 1. The first-order valence-electron chi connectivity index (χ1n) is 6.70. The molecule has 0 aliphatic rings. The Hall–Kier alpha value is -1.35. The molecule has 0 saturated heterocycles. The molecule has 18 heavy (non-hydrogen) atoms. The Labute approximate surface area is 110 Å². The van der Waals surface area contributed by atoms with Crippen LogP contribution in [-0.2, 0) is 17.8 Å². The molecule has 0 radical (unpaired) electrons. The molecular formula is C15H24N2O. The van der Waals surface area contributed by atoms with Crippen molar-refractivity contribution in [2.75, 3.05) is 0 Å². The van der Waals surface area contributed by atoms with Gasteiger partial charge in [0.25, 0.3) is 0 Å². The second-order valence-electron chi connectivity index (χ2n) is 4.75. The average molecular weight is 248 g/mol. The van der Waals surface area contributed by atoms with Gasteiger partial charge in [0.15, 0.2) is 0 Å². The van der Waals surface area contributed by atoms with Gasteiger partial charge in [0.05, 0.1) is 6.04 Å². The third kappa shape index (κ3) is 3.84. The van der Waals surface area contributed by atoms with Crippen molar-refractivity contribution in [1.29, 1.82) is 0 Å². The van der Waals surface area contributed by atoms with E-state index in [1.165, 1.54) is 11.1 Å². The molecule has 0 spiro atoms. The predicted molar refractivity (Wildman–Crippen MR) is 75.1 cm³/mol. The van der Waals surface area contributed by atoms with Crippen molar-refractivity contribution in [3.8, 4) is 0 Å². The molecule has 1 aromatic carbocycles. The minimum Gasteiger partial charge on any atom is -0.351 e. The molecule has 3 N–H and O–H groups in total. The number of benzene rings is 1. The van der Waals surface area contributed by atoms with Gasteiger partial charge in [0.2, 0.25) is 5.91 Å². The van der Waals surface area contributed by atoms with Gasteiger partial charge in [-0.25, -0.2) is 0 Å². The van der Waals surface area contributed by atoms with Crippen molar-refractivity contribution in [3.05, 3.63) is 35.4 Å². The topological polar surface area (TPSA) is 55.1 Å². The first-order chi connectivity index (χ1) is 8.60. The first kappa shape index (κ1) is 14.7. The van der Waals surface area contributed by atoms with Crippen LogP contribution >= 0.6 is 0 Å². The molecule has 100 valence electrons. The largest absolute Gasteiger partial charge is 0.351 e. The number of aryl methyl sites for hydroxylation is 1. The zero-order valence-corrected chi connectivity index (χ0v) is 11.6. The molecule has 0 heterocycles. The van der Waals surface area contributed by atoms with E-state index >= 15 is 0 Å². The van der Waals surface area contributed by atoms with Gasteiger partial charge in [-0.2, -0.15) is 0 Å². The third-order valence-corrected chi connectivity index (χ3v) is 3.51. The molecule has 0 aliphatic carbocycles. The van der Waals surface area contributed by atoms with Crippen LogP contribution in [0.15, 0.2) is 24.3 Å². The molecule has 0 aromatic heterocycles. The lowest BCUT2D eigenvalue weighted by Gasteiger charge is -2.18. The molecule has 0 aliphatic heterocycles. The Bertz CT molecular complexity index is 390. The molecular weight excluding hydrogens is 224 g/mol. The summed E-state index contributed by atoms with van der Waals surface area (Å²) in [5.74, 6) is 0.154. The Morgan fingerprint density at radius 1 is 1.28 bits per heavy atom. The summed E-state index contributed by atoms with van der Waals surface area (Å²) in [7, 11) is 0. The fourth-order valence-electron chi connectivity index (χ4n) is 1.89. The van der Waals surface area contributed by atoms with Crippen LogP contribution in [0.1, 0.15) is 38.3 Å². The first-order valence-corrected chi connectivity index (χ1v) is 6.70. The molecule has 0 fully saturated rings. The van der Waals surface area contributed by atoms with Gasteiger partial charge in [0.1, 0.15) is 0 Å². The Morgan fingerprint density at radius 3 is 2.44 bits per heavy atom. The lowest BCUT2D eigenvalue weighted by Crippen LogP contribution is -2.44. The molecule has 2 unspecified atom stereocenters. The molecule has 0 bridgehead atoms. The fraction of sp³-hybridized carbons (Fsp3) is 0.533. The molecule has 1 rings (SSSR count). The van der Waals surface area contributed by atoms with Gasteiger partial charge < -0.3 is 11.1 Å². The van der Waals surface area contributed by atoms with Crippen LogP contribution in [0.5, 0.6) is 0 Å². The number of amides is 1. The Balaban J connectivity index is 2.57. The summed E-state index contributed by atoms with van der Waals surface area (Å²) in [6, 6.07) is 7.75. The van der Waals surface area contributed by atoms with E-state index in [0.29, 0.717) is 6.54 Å². The molecule has 1 amide bonds. The van der Waals surface area contributed by atoms with Crippen LogP contribution in [0, 0.1) is 5.92 Å². The van der Waals surface area contributed by atoms with Crippen molar-refractivity contribution in [2.24, 2.45) is 11.7 Å². The highest BCUT2D eigenvalue weighted by atomic mass is 16.2. The van der Waals surface area contributed by atoms with E-state index < -0.39 is 6.04 Å². The SMILES string of the molecule is CCc1ccccc1CNC(=O)C(N)C(C)CC. The van der Waals surface area contributed by atoms with Crippen LogP contribution in [0.2, 0.25) is 0 Å². The quantitative estimate of drug-likeness (QED) is 0.811. The monoisotopic (exact) mass is 248 g/mol. The zero-order valence-electron chi connectivity index (χ0n) is 11.6. The van der Waals surface area contributed by atoms with Crippen molar-refractivity contribution in [3.63, 3.8) is 0 Å². The summed E-state index contributed by atoms with van der Waals surface area (Å²) < 4.78 is 0. The van der Waals surface area contributed by atoms with E-state index in [1.54, 1.807) is 0 Å². The molecule has 3 heteroatoms. The van der Waals surface area contributed by atoms with Gasteiger partial charge in [-0.15, -0.1) is 0 Å². The number of carbonyl (C=O) groups is 1. The minimum absolute atomic E-state index is 0.0599. The smallest absolute Gasteiger partial charge is 0.237 e. The summed E-state index contributed by atoms with van der Waals surface area (Å²) in [5, 5.41) is 2.92. The zero-order chi connectivity index (χ0) is 13.5. The van der Waals surface area contributed by atoms with Crippen LogP contribution in [0.4, 0.5) is 0 Å². The van der Waals surface area contributed by atoms with Crippen LogP contribution in [-0.4, -0.2) is 11.9 Å². The minimum atomic E-state index is -0.413. The molecule has 3 nitrogen and oxygen atoms in total. The van der Waals surface area contributed by atoms with Gasteiger partial charge in [-0.1, -0.05) is 51.5 Å². The highest BCUT2D eigenvalue weighted by Crippen LogP contribution is 2.10. The average Bonchev–Trinajstić information content (AvgIpc) is 2.43. The molecule has 0 saturated carbocycles. The number of hydrogen-bond donors (Lipinski definition) is 2. The van der Waals surface area contributed by atoms with E-state index in [0.717, 1.165) is 12.8 Å². The standard InChI is InChI=1S/C15H24N2O/c1-4-11(3)14(16)15(18)17-10-13-9-7-6-8-12(13)5-2/h6-9,11,14H,4-5,10,16H2,1-3H3,(H,17,18). The van der Waals surface area contributed by atoms with Gasteiger partial charge in [0, 0.05) is 6.54 Å². The van der Waals surface area contributed by atoms with E-state index in [1.807, 2.05) is 32.0 Å². The maximum atomic E-state index is 11.9. The number of nitrogens with one attached hydrogen (secondary N) is 1.